The summed E-state index contributed by atoms with van der Waals surface area (Å²) < 4.78 is 5.01. The van der Waals surface area contributed by atoms with Crippen LogP contribution in [-0.4, -0.2) is 46.9 Å². The van der Waals surface area contributed by atoms with E-state index < -0.39 is 30.1 Å². The van der Waals surface area contributed by atoms with Crippen LogP contribution < -0.4 is 10.6 Å². The third kappa shape index (κ3) is 9.60. The maximum absolute atomic E-state index is 12.1. The van der Waals surface area contributed by atoms with Crippen molar-refractivity contribution in [2.75, 3.05) is 6.54 Å². The van der Waals surface area contributed by atoms with Gasteiger partial charge < -0.3 is 25.6 Å². The van der Waals surface area contributed by atoms with Gasteiger partial charge >= 0.3 is 12.1 Å². The van der Waals surface area contributed by atoms with E-state index in [0.717, 1.165) is 11.1 Å². The third-order valence-corrected chi connectivity index (χ3v) is 4.23. The second-order valence-electron chi connectivity index (χ2n) is 6.81. The lowest BCUT2D eigenvalue weighted by molar-refractivity contribution is -0.142. The fourth-order valence-corrected chi connectivity index (χ4v) is 2.64. The molecule has 2 aromatic rings. The van der Waals surface area contributed by atoms with Gasteiger partial charge in [0.25, 0.3) is 0 Å². The summed E-state index contributed by atoms with van der Waals surface area (Å²) in [5, 5.41) is 24.0. The van der Waals surface area contributed by atoms with Crippen LogP contribution >= 0.6 is 0 Å². The van der Waals surface area contributed by atoms with Crippen LogP contribution in [0.4, 0.5) is 4.79 Å². The summed E-state index contributed by atoms with van der Waals surface area (Å²) in [6.45, 7) is -0.118. The minimum Gasteiger partial charge on any atom is -0.480 e. The van der Waals surface area contributed by atoms with E-state index in [1.54, 1.807) is 24.3 Å². The van der Waals surface area contributed by atoms with Gasteiger partial charge in [0.1, 0.15) is 12.6 Å². The van der Waals surface area contributed by atoms with Crippen molar-refractivity contribution < 1.29 is 29.3 Å². The highest BCUT2D eigenvalue weighted by Crippen LogP contribution is 2.05. The molecular formula is C23H26N2O6. The van der Waals surface area contributed by atoms with Crippen LogP contribution in [0, 0.1) is 0 Å². The van der Waals surface area contributed by atoms with Gasteiger partial charge in [-0.05, 0) is 17.5 Å². The Bertz CT molecular complexity index is 870. The average Bonchev–Trinajstić information content (AvgIpc) is 2.77. The monoisotopic (exact) mass is 426 g/mol. The lowest BCUT2D eigenvalue weighted by Gasteiger charge is -2.15. The Hall–Kier alpha value is -3.65. The smallest absolute Gasteiger partial charge is 0.407 e. The number of amides is 2. The van der Waals surface area contributed by atoms with Crippen LogP contribution in [0.25, 0.3) is 6.08 Å². The molecule has 0 spiro atoms. The number of aliphatic hydroxyl groups is 1. The number of carboxylic acid groups (broad SMARTS) is 1. The van der Waals surface area contributed by atoms with Crippen LogP contribution in [0.15, 0.2) is 66.7 Å². The maximum Gasteiger partial charge on any atom is 0.407 e. The number of carboxylic acids is 1. The quantitative estimate of drug-likeness (QED) is 0.437. The van der Waals surface area contributed by atoms with Crippen LogP contribution in [0.3, 0.4) is 0 Å². The Labute approximate surface area is 180 Å². The lowest BCUT2D eigenvalue weighted by atomic mass is 10.1. The largest absolute Gasteiger partial charge is 0.480 e. The fourth-order valence-electron chi connectivity index (χ4n) is 2.64. The predicted octanol–water partition coefficient (Wildman–Crippen LogP) is 2.34. The van der Waals surface area contributed by atoms with Gasteiger partial charge in [-0.25, -0.2) is 9.59 Å². The van der Waals surface area contributed by atoms with E-state index >= 15 is 0 Å². The van der Waals surface area contributed by atoms with Crippen molar-refractivity contribution in [1.29, 1.82) is 0 Å². The molecule has 2 amide bonds. The SMILES string of the molecule is O=C(C[C@@H](O)CNC(=O)OCc1ccccc1)N[C@@H](C/C=C/c1ccccc1)C(=O)O. The molecule has 0 fully saturated rings. The zero-order valence-corrected chi connectivity index (χ0v) is 16.9. The van der Waals surface area contributed by atoms with Crippen LogP contribution in [0.5, 0.6) is 0 Å². The number of hydrogen-bond donors (Lipinski definition) is 4. The summed E-state index contributed by atoms with van der Waals surface area (Å²) in [5.41, 5.74) is 1.73. The van der Waals surface area contributed by atoms with E-state index in [9.17, 15) is 24.6 Å². The maximum atomic E-state index is 12.1. The molecule has 0 aliphatic carbocycles. The summed E-state index contributed by atoms with van der Waals surface area (Å²) >= 11 is 0. The van der Waals surface area contributed by atoms with E-state index in [0.29, 0.717) is 0 Å². The van der Waals surface area contributed by atoms with E-state index in [-0.39, 0.29) is 26.0 Å². The summed E-state index contributed by atoms with van der Waals surface area (Å²) in [6.07, 6.45) is 1.26. The summed E-state index contributed by atoms with van der Waals surface area (Å²) in [5.74, 6) is -1.81. The Morgan fingerprint density at radius 1 is 1.00 bits per heavy atom. The number of nitrogens with one attached hydrogen (secondary N) is 2. The molecule has 0 unspecified atom stereocenters. The number of ether oxygens (including phenoxy) is 1. The second kappa shape index (κ2) is 12.8. The van der Waals surface area contributed by atoms with Crippen LogP contribution in [0.1, 0.15) is 24.0 Å². The summed E-state index contributed by atoms with van der Waals surface area (Å²) in [6, 6.07) is 17.3. The highest BCUT2D eigenvalue weighted by atomic mass is 16.5. The first kappa shape index (κ1) is 23.6. The molecule has 2 rings (SSSR count). The first-order valence-electron chi connectivity index (χ1n) is 9.80. The number of alkyl carbamates (subject to hydrolysis) is 1. The molecule has 0 saturated carbocycles. The minimum absolute atomic E-state index is 0.0834. The zero-order valence-electron chi connectivity index (χ0n) is 16.9. The van der Waals surface area contributed by atoms with Crippen molar-refractivity contribution in [3.05, 3.63) is 77.9 Å². The predicted molar refractivity (Wildman–Crippen MR) is 115 cm³/mol. The van der Waals surface area contributed by atoms with Crippen molar-refractivity contribution in [3.63, 3.8) is 0 Å². The van der Waals surface area contributed by atoms with Crippen molar-refractivity contribution in [2.24, 2.45) is 0 Å². The summed E-state index contributed by atoms with van der Waals surface area (Å²) in [4.78, 5) is 35.1. The van der Waals surface area contributed by atoms with Gasteiger partial charge in [0, 0.05) is 6.54 Å². The van der Waals surface area contributed by atoms with E-state index in [1.807, 2.05) is 48.5 Å². The molecule has 0 heterocycles. The van der Waals surface area contributed by atoms with Crippen LogP contribution in [-0.2, 0) is 20.9 Å². The number of carbonyl (C=O) groups is 3. The molecule has 0 aromatic heterocycles. The number of rotatable bonds is 11. The molecule has 8 nitrogen and oxygen atoms in total. The van der Waals surface area contributed by atoms with Gasteiger partial charge in [-0.1, -0.05) is 72.8 Å². The molecule has 0 bridgehead atoms. The molecule has 2 aromatic carbocycles. The topological polar surface area (TPSA) is 125 Å². The Kier molecular flexibility index (Phi) is 9.77. The number of aliphatic hydroxyl groups excluding tert-OH is 1. The lowest BCUT2D eigenvalue weighted by Crippen LogP contribution is -2.43. The summed E-state index contributed by atoms with van der Waals surface area (Å²) in [7, 11) is 0. The van der Waals surface area contributed by atoms with Gasteiger partial charge in [0.05, 0.1) is 12.5 Å². The van der Waals surface area contributed by atoms with Gasteiger partial charge in [-0.3, -0.25) is 4.79 Å². The second-order valence-corrected chi connectivity index (χ2v) is 6.81. The standard InChI is InChI=1S/C23H26N2O6/c26-19(15-24-23(30)31-16-18-10-5-2-6-11-18)14-21(27)25-20(22(28)29)13-7-12-17-8-3-1-4-9-17/h1-12,19-20,26H,13-16H2,(H,24,30)(H,25,27)(H,28,29)/b12-7+/t19-,20+/m1/s1. The molecule has 8 heteroatoms. The molecule has 164 valence electrons. The van der Waals surface area contributed by atoms with Gasteiger partial charge in [0.2, 0.25) is 5.91 Å². The van der Waals surface area contributed by atoms with E-state index in [2.05, 4.69) is 10.6 Å². The van der Waals surface area contributed by atoms with Gasteiger partial charge in [-0.2, -0.15) is 0 Å². The minimum atomic E-state index is -1.18. The van der Waals surface area contributed by atoms with Crippen molar-refractivity contribution in [2.45, 2.75) is 31.6 Å². The third-order valence-electron chi connectivity index (χ3n) is 4.23. The highest BCUT2D eigenvalue weighted by Gasteiger charge is 2.20. The molecular weight excluding hydrogens is 400 g/mol. The van der Waals surface area contributed by atoms with Crippen molar-refractivity contribution in [1.82, 2.24) is 10.6 Å². The van der Waals surface area contributed by atoms with Crippen molar-refractivity contribution in [3.8, 4) is 0 Å². The molecule has 31 heavy (non-hydrogen) atoms. The Morgan fingerprint density at radius 2 is 1.65 bits per heavy atom. The molecule has 0 saturated heterocycles. The number of carbonyl (C=O) groups excluding carboxylic acids is 2. The molecule has 0 radical (unpaired) electrons. The number of benzene rings is 2. The van der Waals surface area contributed by atoms with E-state index in [4.69, 9.17) is 4.74 Å². The molecule has 0 aliphatic heterocycles. The first-order valence-corrected chi connectivity index (χ1v) is 9.80. The molecule has 0 aliphatic rings. The molecule has 4 N–H and O–H groups in total. The Morgan fingerprint density at radius 3 is 2.29 bits per heavy atom. The average molecular weight is 426 g/mol. The first-order chi connectivity index (χ1) is 14.9. The van der Waals surface area contributed by atoms with Gasteiger partial charge in [0.15, 0.2) is 0 Å². The Balaban J connectivity index is 1.70. The normalized spacial score (nSPS) is 12.7. The zero-order chi connectivity index (χ0) is 22.5. The number of hydrogen-bond acceptors (Lipinski definition) is 5. The van der Waals surface area contributed by atoms with Gasteiger partial charge in [-0.15, -0.1) is 0 Å². The van der Waals surface area contributed by atoms with E-state index in [1.165, 1.54) is 0 Å². The highest BCUT2D eigenvalue weighted by molar-refractivity contribution is 5.84. The van der Waals surface area contributed by atoms with Crippen LogP contribution in [0.2, 0.25) is 0 Å². The number of aliphatic carboxylic acids is 1. The molecule has 2 atom stereocenters. The fraction of sp³-hybridized carbons (Fsp3) is 0.261. The van der Waals surface area contributed by atoms with Crippen molar-refractivity contribution >= 4 is 24.0 Å².